The summed E-state index contributed by atoms with van der Waals surface area (Å²) in [6.07, 6.45) is 0. The fraction of sp³-hybridized carbons (Fsp3) is 0.222. The van der Waals surface area contributed by atoms with Gasteiger partial charge in [0, 0.05) is 5.69 Å². The molecule has 0 aliphatic rings. The smallest absolute Gasteiger partial charge is 0.0627 e. The molecule has 0 saturated carbocycles. The quantitative estimate of drug-likeness (QED) is 0.503. The molecule has 52 valence electrons. The molecular formula is C9H11N. The van der Waals surface area contributed by atoms with E-state index in [2.05, 4.69) is 18.1 Å². The highest BCUT2D eigenvalue weighted by atomic mass is 14.7. The SMILES string of the molecule is C=c1cc(C)c(C)nc1=C. The van der Waals surface area contributed by atoms with Crippen LogP contribution in [0, 0.1) is 13.8 Å². The predicted molar refractivity (Wildman–Crippen MR) is 44.0 cm³/mol. The van der Waals surface area contributed by atoms with Crippen molar-refractivity contribution in [2.24, 2.45) is 0 Å². The largest absolute Gasteiger partial charge is 0.254 e. The molecular weight excluding hydrogens is 122 g/mol. The minimum atomic E-state index is 0.781. The number of pyridine rings is 1. The zero-order valence-electron chi connectivity index (χ0n) is 6.44. The molecule has 0 aliphatic heterocycles. The molecule has 0 bridgehead atoms. The van der Waals surface area contributed by atoms with Crippen molar-refractivity contribution >= 4 is 13.2 Å². The first-order chi connectivity index (χ1) is 4.61. The summed E-state index contributed by atoms with van der Waals surface area (Å²) in [5, 5.41) is 1.70. The van der Waals surface area contributed by atoms with Crippen molar-refractivity contribution in [2.75, 3.05) is 0 Å². The summed E-state index contributed by atoms with van der Waals surface area (Å²) in [7, 11) is 0. The zero-order chi connectivity index (χ0) is 7.72. The molecule has 0 N–H and O–H groups in total. The van der Waals surface area contributed by atoms with Crippen LogP contribution >= 0.6 is 0 Å². The van der Waals surface area contributed by atoms with Crippen molar-refractivity contribution in [3.8, 4) is 0 Å². The summed E-state index contributed by atoms with van der Waals surface area (Å²) in [4.78, 5) is 4.20. The Balaban J connectivity index is 3.59. The lowest BCUT2D eigenvalue weighted by atomic mass is 10.2. The summed E-state index contributed by atoms with van der Waals surface area (Å²) in [6.45, 7) is 11.5. The highest BCUT2D eigenvalue weighted by Gasteiger charge is 1.90. The van der Waals surface area contributed by atoms with Crippen LogP contribution in [0.15, 0.2) is 6.07 Å². The van der Waals surface area contributed by atoms with E-state index in [1.54, 1.807) is 0 Å². The van der Waals surface area contributed by atoms with E-state index in [1.807, 2.05) is 19.9 Å². The van der Waals surface area contributed by atoms with Crippen LogP contribution < -0.4 is 10.6 Å². The van der Waals surface area contributed by atoms with Crippen LogP contribution in [0.25, 0.3) is 13.2 Å². The van der Waals surface area contributed by atoms with Crippen LogP contribution in [0.1, 0.15) is 11.3 Å². The Bertz CT molecular complexity index is 303. The van der Waals surface area contributed by atoms with E-state index < -0.39 is 0 Å². The van der Waals surface area contributed by atoms with E-state index in [0.717, 1.165) is 16.3 Å². The monoisotopic (exact) mass is 133 g/mol. The second-order valence-electron chi connectivity index (χ2n) is 2.50. The Kier molecular flexibility index (Phi) is 1.58. The summed E-state index contributed by atoms with van der Waals surface area (Å²) in [5.74, 6) is 0. The van der Waals surface area contributed by atoms with Gasteiger partial charge in [0.25, 0.3) is 0 Å². The Morgan fingerprint density at radius 1 is 1.30 bits per heavy atom. The zero-order valence-corrected chi connectivity index (χ0v) is 6.44. The van der Waals surface area contributed by atoms with Gasteiger partial charge in [-0.15, -0.1) is 0 Å². The molecule has 0 radical (unpaired) electrons. The van der Waals surface area contributed by atoms with E-state index in [1.165, 1.54) is 5.56 Å². The van der Waals surface area contributed by atoms with E-state index in [4.69, 9.17) is 0 Å². The lowest BCUT2D eigenvalue weighted by molar-refractivity contribution is 1.10. The maximum atomic E-state index is 4.20. The fourth-order valence-corrected chi connectivity index (χ4v) is 0.812. The molecule has 1 nitrogen and oxygen atoms in total. The van der Waals surface area contributed by atoms with E-state index in [9.17, 15) is 0 Å². The van der Waals surface area contributed by atoms with Crippen molar-refractivity contribution in [1.82, 2.24) is 4.98 Å². The third-order valence-corrected chi connectivity index (χ3v) is 1.63. The van der Waals surface area contributed by atoms with E-state index in [-0.39, 0.29) is 0 Å². The van der Waals surface area contributed by atoms with Gasteiger partial charge in [0.05, 0.1) is 5.35 Å². The van der Waals surface area contributed by atoms with Gasteiger partial charge in [0.15, 0.2) is 0 Å². The molecule has 0 spiro atoms. The molecule has 1 aromatic heterocycles. The Morgan fingerprint density at radius 3 is 2.40 bits per heavy atom. The van der Waals surface area contributed by atoms with E-state index >= 15 is 0 Å². The van der Waals surface area contributed by atoms with Crippen LogP contribution in [0.2, 0.25) is 0 Å². The number of aryl methyl sites for hydroxylation is 2. The summed E-state index contributed by atoms with van der Waals surface area (Å²) < 4.78 is 0. The van der Waals surface area contributed by atoms with Crippen molar-refractivity contribution in [2.45, 2.75) is 13.8 Å². The first-order valence-corrected chi connectivity index (χ1v) is 3.23. The fourth-order valence-electron chi connectivity index (χ4n) is 0.812. The highest BCUT2D eigenvalue weighted by Crippen LogP contribution is 1.93. The van der Waals surface area contributed by atoms with Gasteiger partial charge in [-0.25, -0.2) is 0 Å². The van der Waals surface area contributed by atoms with Gasteiger partial charge in [-0.05, 0) is 30.7 Å². The van der Waals surface area contributed by atoms with Crippen LogP contribution in [0.3, 0.4) is 0 Å². The average molecular weight is 133 g/mol. The lowest BCUT2D eigenvalue weighted by Crippen LogP contribution is -2.26. The Morgan fingerprint density at radius 2 is 1.90 bits per heavy atom. The standard InChI is InChI=1S/C9H11N/c1-6-5-7(2)9(4)10-8(6)3/h5H,1,3H2,2,4H3. The minimum absolute atomic E-state index is 0.781. The average Bonchev–Trinajstić information content (AvgIpc) is 1.84. The Hall–Kier alpha value is -1.11. The number of rotatable bonds is 0. The molecule has 10 heavy (non-hydrogen) atoms. The van der Waals surface area contributed by atoms with Gasteiger partial charge in [-0.3, -0.25) is 4.98 Å². The molecule has 1 aromatic rings. The van der Waals surface area contributed by atoms with Crippen molar-refractivity contribution in [3.63, 3.8) is 0 Å². The first-order valence-electron chi connectivity index (χ1n) is 3.23. The normalized spacial score (nSPS) is 9.80. The summed E-state index contributed by atoms with van der Waals surface area (Å²) in [5.41, 5.74) is 2.22. The molecule has 0 unspecified atom stereocenters. The van der Waals surface area contributed by atoms with Crippen LogP contribution in [0.5, 0.6) is 0 Å². The maximum absolute atomic E-state index is 4.20. The maximum Gasteiger partial charge on any atom is 0.0627 e. The van der Waals surface area contributed by atoms with Crippen molar-refractivity contribution < 1.29 is 0 Å². The van der Waals surface area contributed by atoms with Gasteiger partial charge in [-0.1, -0.05) is 13.2 Å². The lowest BCUT2D eigenvalue weighted by Gasteiger charge is -1.96. The van der Waals surface area contributed by atoms with Crippen molar-refractivity contribution in [3.05, 3.63) is 27.9 Å². The third kappa shape index (κ3) is 1.08. The molecule has 0 saturated heterocycles. The molecule has 1 heteroatoms. The summed E-state index contributed by atoms with van der Waals surface area (Å²) >= 11 is 0. The highest BCUT2D eigenvalue weighted by molar-refractivity contribution is 5.21. The Labute approximate surface area is 60.7 Å². The first kappa shape index (κ1) is 7.00. The molecule has 1 rings (SSSR count). The molecule has 0 fully saturated rings. The second-order valence-corrected chi connectivity index (χ2v) is 2.50. The van der Waals surface area contributed by atoms with Crippen LogP contribution in [0.4, 0.5) is 0 Å². The predicted octanol–water partition coefficient (Wildman–Crippen LogP) is 0.519. The van der Waals surface area contributed by atoms with Crippen LogP contribution in [-0.4, -0.2) is 4.98 Å². The van der Waals surface area contributed by atoms with Crippen LogP contribution in [-0.2, 0) is 0 Å². The van der Waals surface area contributed by atoms with Gasteiger partial charge in [0.1, 0.15) is 0 Å². The second kappa shape index (κ2) is 2.25. The van der Waals surface area contributed by atoms with Gasteiger partial charge in [-0.2, -0.15) is 0 Å². The minimum Gasteiger partial charge on any atom is -0.254 e. The van der Waals surface area contributed by atoms with E-state index in [0.29, 0.717) is 0 Å². The molecule has 0 aromatic carbocycles. The number of aromatic nitrogens is 1. The summed E-state index contributed by atoms with van der Waals surface area (Å²) in [6, 6.07) is 2.00. The molecule has 0 atom stereocenters. The van der Waals surface area contributed by atoms with Crippen molar-refractivity contribution in [1.29, 1.82) is 0 Å². The molecule has 1 heterocycles. The third-order valence-electron chi connectivity index (χ3n) is 1.63. The topological polar surface area (TPSA) is 12.9 Å². The molecule has 0 aliphatic carbocycles. The van der Waals surface area contributed by atoms with Gasteiger partial charge < -0.3 is 0 Å². The van der Waals surface area contributed by atoms with Gasteiger partial charge >= 0.3 is 0 Å². The number of hydrogen-bond acceptors (Lipinski definition) is 1. The molecule has 0 amide bonds. The van der Waals surface area contributed by atoms with Gasteiger partial charge in [0.2, 0.25) is 0 Å². The number of hydrogen-bond donors (Lipinski definition) is 0. The number of nitrogens with zero attached hydrogens (tertiary/aromatic N) is 1.